The number of carbonyl (C=O) groups is 1. The minimum absolute atomic E-state index is 0.0278. The van der Waals surface area contributed by atoms with E-state index in [1.807, 2.05) is 6.07 Å². The van der Waals surface area contributed by atoms with Crippen molar-refractivity contribution in [3.05, 3.63) is 71.3 Å². The van der Waals surface area contributed by atoms with E-state index in [1.165, 1.54) is 16.7 Å². The Hall–Kier alpha value is -2.21. The molecule has 4 rings (SSSR count). The van der Waals surface area contributed by atoms with E-state index in [-0.39, 0.29) is 18.0 Å². The molecule has 29 heavy (non-hydrogen) atoms. The number of nitrogens with zero attached hydrogens (tertiary/aromatic N) is 2. The largest absolute Gasteiger partial charge is 0.379 e. The first-order valence-corrected chi connectivity index (χ1v) is 10.7. The van der Waals surface area contributed by atoms with Crippen LogP contribution in [0.1, 0.15) is 29.7 Å². The maximum absolute atomic E-state index is 12.9. The van der Waals surface area contributed by atoms with E-state index in [4.69, 9.17) is 4.74 Å². The number of ether oxygens (including phenoxy) is 1. The molecule has 5 heteroatoms. The second-order valence-corrected chi connectivity index (χ2v) is 8.09. The molecule has 1 N–H and O–H groups in total. The van der Waals surface area contributed by atoms with Crippen molar-refractivity contribution in [1.29, 1.82) is 0 Å². The Labute approximate surface area is 173 Å². The van der Waals surface area contributed by atoms with Crippen LogP contribution in [0.25, 0.3) is 0 Å². The van der Waals surface area contributed by atoms with Gasteiger partial charge in [0.1, 0.15) is 0 Å². The number of benzene rings is 2. The van der Waals surface area contributed by atoms with E-state index in [9.17, 15) is 4.79 Å². The number of amides is 1. The fourth-order valence-electron chi connectivity index (χ4n) is 4.59. The van der Waals surface area contributed by atoms with Crippen LogP contribution in [-0.2, 0) is 22.5 Å². The van der Waals surface area contributed by atoms with Crippen molar-refractivity contribution in [2.45, 2.75) is 32.0 Å². The summed E-state index contributed by atoms with van der Waals surface area (Å²) >= 11 is 0. The third-order valence-electron chi connectivity index (χ3n) is 6.02. The zero-order chi connectivity index (χ0) is 20.1. The summed E-state index contributed by atoms with van der Waals surface area (Å²) in [6, 6.07) is 19.2. The number of hydrogen-bond acceptors (Lipinski definition) is 4. The highest BCUT2D eigenvalue weighted by Gasteiger charge is 2.29. The molecule has 2 aliphatic rings. The maximum Gasteiger partial charge on any atom is 0.234 e. The first kappa shape index (κ1) is 20.1. The molecule has 154 valence electrons. The molecule has 0 bridgehead atoms. The molecule has 1 saturated heterocycles. The molecule has 0 saturated carbocycles. The molecule has 2 aromatic rings. The van der Waals surface area contributed by atoms with Gasteiger partial charge in [0.25, 0.3) is 0 Å². The second kappa shape index (κ2) is 9.53. The lowest BCUT2D eigenvalue weighted by molar-refractivity contribution is -0.123. The Morgan fingerprint density at radius 3 is 2.45 bits per heavy atom. The molecule has 0 unspecified atom stereocenters. The van der Waals surface area contributed by atoms with Gasteiger partial charge in [0.2, 0.25) is 5.91 Å². The smallest absolute Gasteiger partial charge is 0.234 e. The highest BCUT2D eigenvalue weighted by Crippen LogP contribution is 2.25. The number of morpholine rings is 1. The van der Waals surface area contributed by atoms with E-state index in [0.29, 0.717) is 6.54 Å². The predicted molar refractivity (Wildman–Crippen MR) is 115 cm³/mol. The second-order valence-electron chi connectivity index (χ2n) is 8.09. The number of rotatable bonds is 6. The molecule has 1 fully saturated rings. The minimum atomic E-state index is 0.0278. The van der Waals surface area contributed by atoms with Gasteiger partial charge in [0.15, 0.2) is 0 Å². The minimum Gasteiger partial charge on any atom is -0.379 e. The van der Waals surface area contributed by atoms with Crippen molar-refractivity contribution in [2.24, 2.45) is 0 Å². The van der Waals surface area contributed by atoms with Crippen LogP contribution >= 0.6 is 0 Å². The Bertz CT molecular complexity index is 805. The fraction of sp³-hybridized carbons (Fsp3) is 0.458. The van der Waals surface area contributed by atoms with Gasteiger partial charge in [0, 0.05) is 32.2 Å². The summed E-state index contributed by atoms with van der Waals surface area (Å²) in [5.74, 6) is 0.103. The van der Waals surface area contributed by atoms with Crippen molar-refractivity contribution in [3.63, 3.8) is 0 Å². The van der Waals surface area contributed by atoms with Gasteiger partial charge >= 0.3 is 0 Å². The predicted octanol–water partition coefficient (Wildman–Crippen LogP) is 2.62. The van der Waals surface area contributed by atoms with Crippen LogP contribution in [0.3, 0.4) is 0 Å². The van der Waals surface area contributed by atoms with Gasteiger partial charge in [-0.05, 0) is 30.0 Å². The summed E-state index contributed by atoms with van der Waals surface area (Å²) in [6.07, 6.45) is 1.01. The van der Waals surface area contributed by atoms with E-state index < -0.39 is 0 Å². The van der Waals surface area contributed by atoms with E-state index in [0.717, 1.165) is 45.8 Å². The molecule has 0 radical (unpaired) electrons. The zero-order valence-corrected chi connectivity index (χ0v) is 17.2. The Morgan fingerprint density at radius 1 is 1.00 bits per heavy atom. The lowest BCUT2D eigenvalue weighted by Gasteiger charge is -2.38. The number of carbonyl (C=O) groups excluding carboxylic acids is 1. The molecule has 2 atom stereocenters. The van der Waals surface area contributed by atoms with Gasteiger partial charge < -0.3 is 10.1 Å². The molecule has 5 nitrogen and oxygen atoms in total. The van der Waals surface area contributed by atoms with Crippen molar-refractivity contribution in [2.75, 3.05) is 39.4 Å². The molecule has 1 amide bonds. The van der Waals surface area contributed by atoms with Gasteiger partial charge in [-0.25, -0.2) is 0 Å². The summed E-state index contributed by atoms with van der Waals surface area (Å²) in [6.45, 7) is 7.63. The summed E-state index contributed by atoms with van der Waals surface area (Å²) in [7, 11) is 0. The number of hydrogen-bond donors (Lipinski definition) is 1. The molecule has 2 aliphatic heterocycles. The van der Waals surface area contributed by atoms with Crippen LogP contribution in [0, 0.1) is 0 Å². The Kier molecular flexibility index (Phi) is 6.60. The molecule has 0 spiro atoms. The van der Waals surface area contributed by atoms with Gasteiger partial charge in [-0.2, -0.15) is 0 Å². The van der Waals surface area contributed by atoms with Crippen LogP contribution in [0.15, 0.2) is 54.6 Å². The SMILES string of the molecule is C[C@@H](NC(=O)CN1CCc2ccccc2C1)[C@@H](c1ccccc1)N1CCOCC1. The maximum atomic E-state index is 12.9. The topological polar surface area (TPSA) is 44.8 Å². The summed E-state index contributed by atoms with van der Waals surface area (Å²) in [5.41, 5.74) is 4.00. The monoisotopic (exact) mass is 393 g/mol. The van der Waals surface area contributed by atoms with E-state index >= 15 is 0 Å². The highest BCUT2D eigenvalue weighted by molar-refractivity contribution is 5.78. The Balaban J connectivity index is 1.39. The molecular formula is C24H31N3O2. The lowest BCUT2D eigenvalue weighted by atomic mass is 9.98. The van der Waals surface area contributed by atoms with Crippen LogP contribution in [-0.4, -0.2) is 61.1 Å². The van der Waals surface area contributed by atoms with Crippen molar-refractivity contribution in [3.8, 4) is 0 Å². The standard InChI is InChI=1S/C24H31N3O2/c1-19(24(21-8-3-2-4-9-21)27-13-15-29-16-14-27)25-23(28)18-26-12-11-20-7-5-6-10-22(20)17-26/h2-10,19,24H,11-18H2,1H3,(H,25,28)/t19-,24+/m1/s1. The quantitative estimate of drug-likeness (QED) is 0.820. The average Bonchev–Trinajstić information content (AvgIpc) is 2.75. The van der Waals surface area contributed by atoms with Crippen molar-refractivity contribution < 1.29 is 9.53 Å². The summed E-state index contributed by atoms with van der Waals surface area (Å²) in [4.78, 5) is 17.5. The Morgan fingerprint density at radius 2 is 1.69 bits per heavy atom. The highest BCUT2D eigenvalue weighted by atomic mass is 16.5. The zero-order valence-electron chi connectivity index (χ0n) is 17.2. The molecular weight excluding hydrogens is 362 g/mol. The van der Waals surface area contributed by atoms with Gasteiger partial charge in [-0.1, -0.05) is 54.6 Å². The van der Waals surface area contributed by atoms with Gasteiger partial charge in [-0.15, -0.1) is 0 Å². The molecule has 2 aromatic carbocycles. The number of fused-ring (bicyclic) bond motifs is 1. The van der Waals surface area contributed by atoms with E-state index in [1.54, 1.807) is 0 Å². The third kappa shape index (κ3) is 5.04. The van der Waals surface area contributed by atoms with Crippen LogP contribution in [0.2, 0.25) is 0 Å². The number of nitrogens with one attached hydrogen (secondary N) is 1. The lowest BCUT2D eigenvalue weighted by Crippen LogP contribution is -2.50. The van der Waals surface area contributed by atoms with Crippen LogP contribution in [0.4, 0.5) is 0 Å². The normalized spacial score (nSPS) is 19.9. The summed E-state index contributed by atoms with van der Waals surface area (Å²) < 4.78 is 5.54. The van der Waals surface area contributed by atoms with Crippen LogP contribution in [0.5, 0.6) is 0 Å². The van der Waals surface area contributed by atoms with Gasteiger partial charge in [0.05, 0.1) is 25.8 Å². The van der Waals surface area contributed by atoms with Crippen LogP contribution < -0.4 is 5.32 Å². The van der Waals surface area contributed by atoms with Gasteiger partial charge in [-0.3, -0.25) is 14.6 Å². The third-order valence-corrected chi connectivity index (χ3v) is 6.02. The summed E-state index contributed by atoms with van der Waals surface area (Å²) in [5, 5.41) is 3.28. The molecule has 0 aliphatic carbocycles. The van der Waals surface area contributed by atoms with Crippen molar-refractivity contribution >= 4 is 5.91 Å². The molecule has 2 heterocycles. The van der Waals surface area contributed by atoms with E-state index in [2.05, 4.69) is 70.6 Å². The molecule has 0 aromatic heterocycles. The van der Waals surface area contributed by atoms with Crippen molar-refractivity contribution in [1.82, 2.24) is 15.1 Å². The first-order valence-electron chi connectivity index (χ1n) is 10.7. The fourth-order valence-corrected chi connectivity index (χ4v) is 4.59. The first-order chi connectivity index (χ1) is 14.2. The average molecular weight is 394 g/mol.